The molecule has 0 unspecified atom stereocenters. The second-order valence-corrected chi connectivity index (χ2v) is 7.15. The van der Waals surface area contributed by atoms with Crippen LogP contribution >= 0.6 is 0 Å². The maximum atomic E-state index is 12.6. The molecule has 1 N–H and O–H groups in total. The zero-order chi connectivity index (χ0) is 15.1. The second kappa shape index (κ2) is 4.93. The van der Waals surface area contributed by atoms with Gasteiger partial charge in [0.05, 0.1) is 18.6 Å². The van der Waals surface area contributed by atoms with E-state index in [1.54, 1.807) is 23.9 Å². The van der Waals surface area contributed by atoms with Gasteiger partial charge in [-0.2, -0.15) is 9.40 Å². The number of hydrogen-bond acceptors (Lipinski definition) is 5. The molecular weight excluding hydrogens is 294 g/mol. The summed E-state index contributed by atoms with van der Waals surface area (Å²) >= 11 is 0. The lowest BCUT2D eigenvalue weighted by molar-refractivity contribution is -0.0847. The van der Waals surface area contributed by atoms with Crippen LogP contribution in [0, 0.1) is 0 Å². The van der Waals surface area contributed by atoms with Crippen LogP contribution in [0.15, 0.2) is 29.8 Å². The predicted molar refractivity (Wildman–Crippen MR) is 73.9 cm³/mol. The van der Waals surface area contributed by atoms with Gasteiger partial charge in [-0.3, -0.25) is 5.10 Å². The molecule has 1 saturated heterocycles. The monoisotopic (exact) mass is 311 g/mol. The third kappa shape index (κ3) is 2.47. The Bertz CT molecular complexity index is 724. The molecule has 21 heavy (non-hydrogen) atoms. The van der Waals surface area contributed by atoms with E-state index in [0.29, 0.717) is 13.2 Å². The molecule has 0 saturated carbocycles. The van der Waals surface area contributed by atoms with Gasteiger partial charge in [0, 0.05) is 32.5 Å². The fraction of sp³-hybridized carbons (Fsp3) is 0.500. The molecule has 0 radical (unpaired) electrons. The number of aromatic nitrogens is 4. The minimum Gasteiger partial charge on any atom is -0.366 e. The highest BCUT2D eigenvalue weighted by Crippen LogP contribution is 2.30. The molecule has 1 aliphatic heterocycles. The number of morpholine rings is 1. The van der Waals surface area contributed by atoms with Crippen LogP contribution in [-0.2, 0) is 27.4 Å². The van der Waals surface area contributed by atoms with Gasteiger partial charge in [-0.1, -0.05) is 0 Å². The van der Waals surface area contributed by atoms with Crippen LogP contribution in [0.2, 0.25) is 0 Å². The van der Waals surface area contributed by atoms with Crippen LogP contribution in [0.3, 0.4) is 0 Å². The highest BCUT2D eigenvalue weighted by molar-refractivity contribution is 7.89. The van der Waals surface area contributed by atoms with Crippen LogP contribution in [-0.4, -0.2) is 52.2 Å². The SMILES string of the molecule is Cn1cnc(S(=O)(=O)N2CCO[C@@](C)(c3ccn[nH]3)C2)c1. The molecule has 2 aromatic rings. The van der Waals surface area contributed by atoms with E-state index >= 15 is 0 Å². The molecule has 0 spiro atoms. The molecule has 0 aliphatic carbocycles. The van der Waals surface area contributed by atoms with Crippen LogP contribution in [0.25, 0.3) is 0 Å². The van der Waals surface area contributed by atoms with Gasteiger partial charge in [0.25, 0.3) is 10.0 Å². The zero-order valence-electron chi connectivity index (χ0n) is 11.9. The number of nitrogens with zero attached hydrogens (tertiary/aromatic N) is 4. The maximum Gasteiger partial charge on any atom is 0.262 e. The van der Waals surface area contributed by atoms with Gasteiger partial charge in [0.1, 0.15) is 5.60 Å². The molecule has 9 heteroatoms. The van der Waals surface area contributed by atoms with Gasteiger partial charge < -0.3 is 9.30 Å². The van der Waals surface area contributed by atoms with E-state index in [4.69, 9.17) is 4.74 Å². The van der Waals surface area contributed by atoms with Gasteiger partial charge in [-0.25, -0.2) is 13.4 Å². The van der Waals surface area contributed by atoms with Gasteiger partial charge in [-0.15, -0.1) is 0 Å². The van der Waals surface area contributed by atoms with Crippen molar-refractivity contribution >= 4 is 10.0 Å². The molecule has 2 aromatic heterocycles. The lowest BCUT2D eigenvalue weighted by Gasteiger charge is -2.38. The lowest BCUT2D eigenvalue weighted by atomic mass is 10.0. The molecule has 0 amide bonds. The molecule has 0 aromatic carbocycles. The summed E-state index contributed by atoms with van der Waals surface area (Å²) in [4.78, 5) is 3.95. The average molecular weight is 311 g/mol. The summed E-state index contributed by atoms with van der Waals surface area (Å²) in [6.07, 6.45) is 4.59. The van der Waals surface area contributed by atoms with Crippen molar-refractivity contribution in [3.8, 4) is 0 Å². The Labute approximate surface area is 122 Å². The lowest BCUT2D eigenvalue weighted by Crippen LogP contribution is -2.50. The van der Waals surface area contributed by atoms with Crippen molar-refractivity contribution in [2.75, 3.05) is 19.7 Å². The van der Waals surface area contributed by atoms with E-state index in [1.807, 2.05) is 6.92 Å². The summed E-state index contributed by atoms with van der Waals surface area (Å²) in [5.41, 5.74) is 0.0137. The third-order valence-corrected chi connectivity index (χ3v) is 5.33. The Kier molecular flexibility index (Phi) is 3.34. The first-order chi connectivity index (χ1) is 9.92. The van der Waals surface area contributed by atoms with E-state index in [1.165, 1.54) is 16.8 Å². The zero-order valence-corrected chi connectivity index (χ0v) is 12.7. The van der Waals surface area contributed by atoms with Gasteiger partial charge in [-0.05, 0) is 13.0 Å². The molecule has 114 valence electrons. The Morgan fingerprint density at radius 1 is 1.48 bits per heavy atom. The number of aromatic amines is 1. The van der Waals surface area contributed by atoms with Crippen LogP contribution < -0.4 is 0 Å². The number of aryl methyl sites for hydroxylation is 1. The number of H-pyrrole nitrogens is 1. The minimum atomic E-state index is -3.62. The first-order valence-electron chi connectivity index (χ1n) is 6.54. The van der Waals surface area contributed by atoms with Gasteiger partial charge >= 0.3 is 0 Å². The first kappa shape index (κ1) is 14.2. The fourth-order valence-corrected chi connectivity index (χ4v) is 3.88. The van der Waals surface area contributed by atoms with Gasteiger partial charge in [0.15, 0.2) is 5.03 Å². The van der Waals surface area contributed by atoms with E-state index in [0.717, 1.165) is 5.69 Å². The highest BCUT2D eigenvalue weighted by Gasteiger charge is 2.40. The quantitative estimate of drug-likeness (QED) is 0.866. The Morgan fingerprint density at radius 3 is 2.90 bits per heavy atom. The largest absolute Gasteiger partial charge is 0.366 e. The van der Waals surface area contributed by atoms with E-state index in [-0.39, 0.29) is 11.6 Å². The van der Waals surface area contributed by atoms with Crippen molar-refractivity contribution in [1.29, 1.82) is 0 Å². The summed E-state index contributed by atoms with van der Waals surface area (Å²) < 4.78 is 34.0. The fourth-order valence-electron chi connectivity index (χ4n) is 2.41. The topological polar surface area (TPSA) is 93.1 Å². The van der Waals surface area contributed by atoms with Crippen LogP contribution in [0.5, 0.6) is 0 Å². The number of sulfonamides is 1. The van der Waals surface area contributed by atoms with E-state index < -0.39 is 15.6 Å². The predicted octanol–water partition coefficient (Wildman–Crippen LogP) is 0.0795. The maximum absolute atomic E-state index is 12.6. The molecule has 1 atom stereocenters. The number of imidazole rings is 1. The van der Waals surface area contributed by atoms with Crippen LogP contribution in [0.1, 0.15) is 12.6 Å². The van der Waals surface area contributed by atoms with Crippen LogP contribution in [0.4, 0.5) is 0 Å². The van der Waals surface area contributed by atoms with Gasteiger partial charge in [0.2, 0.25) is 0 Å². The van der Waals surface area contributed by atoms with Crippen molar-refractivity contribution in [3.63, 3.8) is 0 Å². The second-order valence-electron chi connectivity index (χ2n) is 5.27. The number of rotatable bonds is 3. The third-order valence-electron chi connectivity index (χ3n) is 3.60. The molecule has 8 nitrogen and oxygen atoms in total. The van der Waals surface area contributed by atoms with Crippen molar-refractivity contribution in [2.24, 2.45) is 7.05 Å². The minimum absolute atomic E-state index is 0.0545. The summed E-state index contributed by atoms with van der Waals surface area (Å²) in [5.74, 6) is 0. The normalized spacial score (nSPS) is 24.3. The highest BCUT2D eigenvalue weighted by atomic mass is 32.2. The first-order valence-corrected chi connectivity index (χ1v) is 7.98. The van der Waals surface area contributed by atoms with E-state index in [2.05, 4.69) is 15.2 Å². The van der Waals surface area contributed by atoms with Crippen molar-refractivity contribution in [3.05, 3.63) is 30.5 Å². The Morgan fingerprint density at radius 2 is 2.29 bits per heavy atom. The Hall–Kier alpha value is -1.71. The summed E-state index contributed by atoms with van der Waals surface area (Å²) in [7, 11) is -1.88. The number of hydrogen-bond donors (Lipinski definition) is 1. The molecular formula is C12H17N5O3S. The molecule has 1 fully saturated rings. The number of ether oxygens (including phenoxy) is 1. The summed E-state index contributed by atoms with van der Waals surface area (Å²) in [6.45, 7) is 2.69. The summed E-state index contributed by atoms with van der Waals surface area (Å²) in [5, 5.41) is 6.80. The number of nitrogens with one attached hydrogen (secondary N) is 1. The van der Waals surface area contributed by atoms with Crippen molar-refractivity contribution < 1.29 is 13.2 Å². The molecule has 0 bridgehead atoms. The average Bonchev–Trinajstić information content (AvgIpc) is 3.10. The van der Waals surface area contributed by atoms with Crippen molar-refractivity contribution in [2.45, 2.75) is 17.6 Å². The smallest absolute Gasteiger partial charge is 0.262 e. The molecule has 1 aliphatic rings. The summed E-state index contributed by atoms with van der Waals surface area (Å²) in [6, 6.07) is 1.79. The van der Waals surface area contributed by atoms with Crippen molar-refractivity contribution in [1.82, 2.24) is 24.1 Å². The van der Waals surface area contributed by atoms with E-state index in [9.17, 15) is 8.42 Å². The molecule has 3 heterocycles. The standard InChI is InChI=1S/C12H17N5O3S/c1-12(10-3-4-14-15-10)8-17(5-6-20-12)21(18,19)11-7-16(2)9-13-11/h3-4,7,9H,5-6,8H2,1-2H3,(H,14,15)/t12-/m1/s1. The Balaban J connectivity index is 1.90. The molecule has 3 rings (SSSR count).